The van der Waals surface area contributed by atoms with Crippen LogP contribution in [0.2, 0.25) is 10.0 Å². The zero-order chi connectivity index (χ0) is 28.0. The standard InChI is InChI=1S/C28H33Cl2N5O2S/c1-7-10-35-26(23(11-16(2)3)31-27(37)21-9-8-20(29)14-22(21)30)33-34-28(35)38-15-24(36)32-25-18(5)12-17(4)13-19(25)6/h7-9,12-14,16,23H,1,10-11,15H2,2-6H3,(H,31,37)(H,32,36)/t23-/m1/s1. The lowest BCUT2D eigenvalue weighted by atomic mass is 10.0. The average Bonchev–Trinajstić information content (AvgIpc) is 3.22. The highest BCUT2D eigenvalue weighted by Crippen LogP contribution is 2.28. The van der Waals surface area contributed by atoms with Crippen molar-refractivity contribution in [2.75, 3.05) is 11.1 Å². The summed E-state index contributed by atoms with van der Waals surface area (Å²) in [4.78, 5) is 25.9. The van der Waals surface area contributed by atoms with E-state index in [4.69, 9.17) is 23.2 Å². The van der Waals surface area contributed by atoms with E-state index in [9.17, 15) is 9.59 Å². The second-order valence-corrected chi connectivity index (χ2v) is 11.4. The lowest BCUT2D eigenvalue weighted by Gasteiger charge is -2.21. The first-order valence-corrected chi connectivity index (χ1v) is 14.0. The van der Waals surface area contributed by atoms with Crippen LogP contribution in [0.1, 0.15) is 59.2 Å². The maximum absolute atomic E-state index is 13.1. The van der Waals surface area contributed by atoms with Gasteiger partial charge in [-0.1, -0.05) is 72.6 Å². The minimum absolute atomic E-state index is 0.135. The third kappa shape index (κ3) is 7.62. The summed E-state index contributed by atoms with van der Waals surface area (Å²) in [5.74, 6) is 0.541. The number of rotatable bonds is 11. The van der Waals surface area contributed by atoms with Gasteiger partial charge in [-0.25, -0.2) is 0 Å². The van der Waals surface area contributed by atoms with Crippen molar-refractivity contribution < 1.29 is 9.59 Å². The van der Waals surface area contributed by atoms with Crippen molar-refractivity contribution in [3.05, 3.63) is 81.1 Å². The minimum atomic E-state index is -0.428. The number of halogens is 2. The van der Waals surface area contributed by atoms with Crippen molar-refractivity contribution >= 4 is 52.5 Å². The molecule has 38 heavy (non-hydrogen) atoms. The Hall–Kier alpha value is -2.81. The van der Waals surface area contributed by atoms with E-state index < -0.39 is 6.04 Å². The van der Waals surface area contributed by atoms with Gasteiger partial charge in [0.15, 0.2) is 11.0 Å². The highest BCUT2D eigenvalue weighted by molar-refractivity contribution is 7.99. The first kappa shape index (κ1) is 29.7. The summed E-state index contributed by atoms with van der Waals surface area (Å²) < 4.78 is 1.88. The highest BCUT2D eigenvalue weighted by Gasteiger charge is 2.25. The zero-order valence-corrected chi connectivity index (χ0v) is 24.6. The van der Waals surface area contributed by atoms with Crippen LogP contribution in [0.15, 0.2) is 48.1 Å². The Kier molecular flexibility index (Phi) is 10.4. The first-order chi connectivity index (χ1) is 18.0. The Balaban J connectivity index is 1.80. The van der Waals surface area contributed by atoms with E-state index in [2.05, 4.69) is 41.3 Å². The van der Waals surface area contributed by atoms with Gasteiger partial charge in [0, 0.05) is 17.3 Å². The molecule has 0 bridgehead atoms. The Morgan fingerprint density at radius 3 is 2.39 bits per heavy atom. The molecule has 3 aromatic rings. The van der Waals surface area contributed by atoms with E-state index in [0.29, 0.717) is 34.5 Å². The fourth-order valence-corrected chi connectivity index (χ4v) is 5.51. The van der Waals surface area contributed by atoms with Crippen molar-refractivity contribution in [2.24, 2.45) is 5.92 Å². The van der Waals surface area contributed by atoms with Crippen molar-refractivity contribution in [2.45, 2.75) is 58.8 Å². The molecule has 10 heteroatoms. The number of thioether (sulfide) groups is 1. The van der Waals surface area contributed by atoms with Gasteiger partial charge in [-0.05, 0) is 62.4 Å². The van der Waals surface area contributed by atoms with Crippen LogP contribution in [0.3, 0.4) is 0 Å². The molecule has 0 aliphatic heterocycles. The van der Waals surface area contributed by atoms with E-state index in [1.807, 2.05) is 37.5 Å². The zero-order valence-electron chi connectivity index (χ0n) is 22.3. The Morgan fingerprint density at radius 1 is 1.11 bits per heavy atom. The second kappa shape index (κ2) is 13.3. The molecule has 3 rings (SSSR count). The van der Waals surface area contributed by atoms with Crippen LogP contribution in [0.5, 0.6) is 0 Å². The Bertz CT molecular complexity index is 1320. The largest absolute Gasteiger partial charge is 0.342 e. The van der Waals surface area contributed by atoms with E-state index in [1.165, 1.54) is 17.8 Å². The topological polar surface area (TPSA) is 88.9 Å². The molecule has 2 aromatic carbocycles. The van der Waals surface area contributed by atoms with Gasteiger partial charge in [0.2, 0.25) is 5.91 Å². The van der Waals surface area contributed by atoms with Crippen LogP contribution in [-0.4, -0.2) is 32.3 Å². The van der Waals surface area contributed by atoms with Gasteiger partial charge >= 0.3 is 0 Å². The Labute approximate surface area is 238 Å². The fraction of sp³-hybridized carbons (Fsp3) is 0.357. The summed E-state index contributed by atoms with van der Waals surface area (Å²) >= 11 is 13.5. The molecule has 2 amide bonds. The number of carbonyl (C=O) groups excluding carboxylic acids is 2. The number of anilines is 1. The quantitative estimate of drug-likeness (QED) is 0.191. The van der Waals surface area contributed by atoms with Crippen molar-refractivity contribution in [1.82, 2.24) is 20.1 Å². The van der Waals surface area contributed by atoms with Crippen molar-refractivity contribution in [3.63, 3.8) is 0 Å². The van der Waals surface area contributed by atoms with Gasteiger partial charge in [-0.3, -0.25) is 9.59 Å². The number of hydrogen-bond donors (Lipinski definition) is 2. The fourth-order valence-electron chi connectivity index (χ4n) is 4.26. The molecule has 0 aliphatic carbocycles. The van der Waals surface area contributed by atoms with Gasteiger partial charge in [0.05, 0.1) is 22.4 Å². The van der Waals surface area contributed by atoms with E-state index in [-0.39, 0.29) is 28.5 Å². The first-order valence-electron chi connectivity index (χ1n) is 12.3. The highest BCUT2D eigenvalue weighted by atomic mass is 35.5. The normalized spacial score (nSPS) is 11.9. The summed E-state index contributed by atoms with van der Waals surface area (Å²) in [6.07, 6.45) is 2.36. The summed E-state index contributed by atoms with van der Waals surface area (Å²) in [6, 6.07) is 8.42. The summed E-state index contributed by atoms with van der Waals surface area (Å²) in [7, 11) is 0. The summed E-state index contributed by atoms with van der Waals surface area (Å²) in [6.45, 7) is 14.4. The molecular weight excluding hydrogens is 541 g/mol. The van der Waals surface area contributed by atoms with Gasteiger partial charge in [0.25, 0.3) is 5.91 Å². The van der Waals surface area contributed by atoms with Crippen LogP contribution >= 0.6 is 35.0 Å². The van der Waals surface area contributed by atoms with Crippen LogP contribution in [0, 0.1) is 26.7 Å². The van der Waals surface area contributed by atoms with Crippen LogP contribution in [0.25, 0.3) is 0 Å². The predicted octanol–water partition coefficient (Wildman–Crippen LogP) is 6.94. The molecular formula is C28H33Cl2N5O2S. The maximum Gasteiger partial charge on any atom is 0.253 e. The number of aryl methyl sites for hydroxylation is 3. The number of nitrogens with zero attached hydrogens (tertiary/aromatic N) is 3. The molecule has 1 aromatic heterocycles. The van der Waals surface area contributed by atoms with E-state index in [0.717, 1.165) is 22.4 Å². The maximum atomic E-state index is 13.1. The SMILES string of the molecule is C=CCn1c(SCC(=O)Nc2c(C)cc(C)cc2C)nnc1[C@@H](CC(C)C)NC(=O)c1ccc(Cl)cc1Cl. The van der Waals surface area contributed by atoms with Gasteiger partial charge < -0.3 is 15.2 Å². The summed E-state index contributed by atoms with van der Waals surface area (Å²) in [5, 5.41) is 16.1. The minimum Gasteiger partial charge on any atom is -0.342 e. The predicted molar refractivity (Wildman–Crippen MR) is 156 cm³/mol. The number of allylic oxidation sites excluding steroid dienone is 1. The van der Waals surface area contributed by atoms with Crippen LogP contribution in [-0.2, 0) is 11.3 Å². The molecule has 202 valence electrons. The molecule has 2 N–H and O–H groups in total. The number of amides is 2. The van der Waals surface area contributed by atoms with Gasteiger partial charge in [0.1, 0.15) is 0 Å². The molecule has 0 radical (unpaired) electrons. The molecule has 0 saturated carbocycles. The lowest BCUT2D eigenvalue weighted by Crippen LogP contribution is -2.32. The monoisotopic (exact) mass is 573 g/mol. The van der Waals surface area contributed by atoms with E-state index in [1.54, 1.807) is 18.2 Å². The smallest absolute Gasteiger partial charge is 0.253 e. The van der Waals surface area contributed by atoms with E-state index >= 15 is 0 Å². The second-order valence-electron chi connectivity index (χ2n) is 9.63. The Morgan fingerprint density at radius 2 is 1.79 bits per heavy atom. The molecule has 0 unspecified atom stereocenters. The number of benzene rings is 2. The number of aromatic nitrogens is 3. The van der Waals surface area contributed by atoms with Crippen LogP contribution < -0.4 is 10.6 Å². The third-order valence-corrected chi connectivity index (χ3v) is 7.35. The molecule has 0 spiro atoms. The van der Waals surface area contributed by atoms with Crippen molar-refractivity contribution in [1.29, 1.82) is 0 Å². The number of nitrogens with one attached hydrogen (secondary N) is 2. The molecule has 1 heterocycles. The molecule has 0 fully saturated rings. The third-order valence-electron chi connectivity index (χ3n) is 5.83. The number of carbonyl (C=O) groups is 2. The van der Waals surface area contributed by atoms with Gasteiger partial charge in [-0.15, -0.1) is 16.8 Å². The lowest BCUT2D eigenvalue weighted by molar-refractivity contribution is -0.113. The molecule has 0 saturated heterocycles. The summed E-state index contributed by atoms with van der Waals surface area (Å²) in [5.41, 5.74) is 4.35. The molecule has 0 aliphatic rings. The molecule has 7 nitrogen and oxygen atoms in total. The van der Waals surface area contributed by atoms with Gasteiger partial charge in [-0.2, -0.15) is 0 Å². The number of hydrogen-bond acceptors (Lipinski definition) is 5. The average molecular weight is 575 g/mol. The molecule has 1 atom stereocenters. The van der Waals surface area contributed by atoms with Crippen molar-refractivity contribution in [3.8, 4) is 0 Å². The van der Waals surface area contributed by atoms with Crippen LogP contribution in [0.4, 0.5) is 5.69 Å².